The fourth-order valence-electron chi connectivity index (χ4n) is 3.32. The number of nitrogens with one attached hydrogen (secondary N) is 1. The normalized spacial score (nSPS) is 20.5. The van der Waals surface area contributed by atoms with Gasteiger partial charge in [-0.1, -0.05) is 25.1 Å². The van der Waals surface area contributed by atoms with Crippen molar-refractivity contribution >= 4 is 10.9 Å². The van der Waals surface area contributed by atoms with Crippen LogP contribution in [0.15, 0.2) is 36.5 Å². The third-order valence-electron chi connectivity index (χ3n) is 4.41. The second kappa shape index (κ2) is 7.01. The highest BCUT2D eigenvalue weighted by atomic mass is 16.5. The molecule has 0 bridgehead atoms. The lowest BCUT2D eigenvalue weighted by atomic mass is 9.88. The smallest absolute Gasteiger partial charge is 0.0704 e. The number of likely N-dealkylation sites (N-methyl/N-ethyl adjacent to an activating group) is 1. The molecule has 2 unspecified atom stereocenters. The van der Waals surface area contributed by atoms with Gasteiger partial charge >= 0.3 is 0 Å². The molecular formula is C18H24N2O. The van der Waals surface area contributed by atoms with Crippen LogP contribution in [0.2, 0.25) is 0 Å². The van der Waals surface area contributed by atoms with Crippen LogP contribution in [-0.2, 0) is 11.2 Å². The van der Waals surface area contributed by atoms with Crippen molar-refractivity contribution < 1.29 is 4.74 Å². The molecular weight excluding hydrogens is 260 g/mol. The van der Waals surface area contributed by atoms with E-state index in [2.05, 4.69) is 47.6 Å². The van der Waals surface area contributed by atoms with Crippen molar-refractivity contribution in [3.8, 4) is 0 Å². The minimum absolute atomic E-state index is 0.487. The predicted molar refractivity (Wildman–Crippen MR) is 86.5 cm³/mol. The van der Waals surface area contributed by atoms with E-state index in [1.165, 1.54) is 23.8 Å². The summed E-state index contributed by atoms with van der Waals surface area (Å²) >= 11 is 0. The number of nitrogens with zero attached hydrogens (tertiary/aromatic N) is 1. The van der Waals surface area contributed by atoms with E-state index in [9.17, 15) is 0 Å². The van der Waals surface area contributed by atoms with E-state index in [0.717, 1.165) is 31.7 Å². The molecule has 112 valence electrons. The van der Waals surface area contributed by atoms with Crippen molar-refractivity contribution in [3.63, 3.8) is 0 Å². The van der Waals surface area contributed by atoms with Gasteiger partial charge in [0.2, 0.25) is 0 Å². The van der Waals surface area contributed by atoms with Gasteiger partial charge in [-0.15, -0.1) is 0 Å². The molecule has 2 atom stereocenters. The van der Waals surface area contributed by atoms with Crippen LogP contribution in [0.5, 0.6) is 0 Å². The Labute approximate surface area is 126 Å². The maximum absolute atomic E-state index is 5.68. The molecule has 1 N–H and O–H groups in total. The Balaban J connectivity index is 1.83. The van der Waals surface area contributed by atoms with Gasteiger partial charge in [0.15, 0.2) is 0 Å². The first kappa shape index (κ1) is 14.5. The summed E-state index contributed by atoms with van der Waals surface area (Å²) in [5.74, 6) is 0.616. The fourth-order valence-corrected chi connectivity index (χ4v) is 3.32. The number of para-hydroxylation sites is 1. The molecule has 1 saturated heterocycles. The fraction of sp³-hybridized carbons (Fsp3) is 0.500. The lowest BCUT2D eigenvalue weighted by Gasteiger charge is -2.31. The van der Waals surface area contributed by atoms with Gasteiger partial charge in [-0.2, -0.15) is 0 Å². The molecule has 3 nitrogen and oxygen atoms in total. The van der Waals surface area contributed by atoms with E-state index in [0.29, 0.717) is 12.0 Å². The highest BCUT2D eigenvalue weighted by molar-refractivity contribution is 5.81. The summed E-state index contributed by atoms with van der Waals surface area (Å²) in [7, 11) is 0. The first-order valence-electron chi connectivity index (χ1n) is 8.02. The number of fused-ring (bicyclic) bond motifs is 1. The number of hydrogen-bond acceptors (Lipinski definition) is 3. The van der Waals surface area contributed by atoms with Crippen molar-refractivity contribution in [2.75, 3.05) is 19.8 Å². The second-order valence-corrected chi connectivity index (χ2v) is 5.83. The number of rotatable bonds is 5. The predicted octanol–water partition coefficient (Wildman–Crippen LogP) is 3.18. The van der Waals surface area contributed by atoms with Crippen molar-refractivity contribution in [2.24, 2.45) is 5.92 Å². The van der Waals surface area contributed by atoms with Crippen LogP contribution in [0.25, 0.3) is 10.9 Å². The SMILES string of the molecule is CCNC(Cc1ccnc2ccccc12)C1CCCOC1. The molecule has 0 spiro atoms. The van der Waals surface area contributed by atoms with Crippen LogP contribution < -0.4 is 5.32 Å². The molecule has 1 aromatic heterocycles. The Bertz CT molecular complexity index is 573. The summed E-state index contributed by atoms with van der Waals surface area (Å²) in [5.41, 5.74) is 2.47. The van der Waals surface area contributed by atoms with Crippen LogP contribution in [0.4, 0.5) is 0 Å². The zero-order chi connectivity index (χ0) is 14.5. The zero-order valence-electron chi connectivity index (χ0n) is 12.7. The van der Waals surface area contributed by atoms with Crippen LogP contribution in [0.1, 0.15) is 25.3 Å². The molecule has 1 aliphatic rings. The summed E-state index contributed by atoms with van der Waals surface area (Å²) in [6, 6.07) is 11.1. The summed E-state index contributed by atoms with van der Waals surface area (Å²) in [6.07, 6.45) is 5.42. The third-order valence-corrected chi connectivity index (χ3v) is 4.41. The summed E-state index contributed by atoms with van der Waals surface area (Å²) in [4.78, 5) is 4.46. The summed E-state index contributed by atoms with van der Waals surface area (Å²) < 4.78 is 5.68. The maximum atomic E-state index is 5.68. The van der Waals surface area contributed by atoms with Gasteiger partial charge in [0.1, 0.15) is 0 Å². The van der Waals surface area contributed by atoms with Crippen LogP contribution in [0, 0.1) is 5.92 Å². The number of ether oxygens (including phenoxy) is 1. The Morgan fingerprint density at radius 2 is 2.24 bits per heavy atom. The zero-order valence-corrected chi connectivity index (χ0v) is 12.7. The molecule has 3 heteroatoms. The standard InChI is InChI=1S/C18H24N2O/c1-2-19-18(15-6-5-11-21-13-15)12-14-9-10-20-17-8-4-3-7-16(14)17/h3-4,7-10,15,18-19H,2,5-6,11-13H2,1H3. The van der Waals surface area contributed by atoms with E-state index in [4.69, 9.17) is 4.74 Å². The number of hydrogen-bond donors (Lipinski definition) is 1. The quantitative estimate of drug-likeness (QED) is 0.915. The number of aromatic nitrogens is 1. The molecule has 2 heterocycles. The van der Waals surface area contributed by atoms with Crippen LogP contribution in [-0.4, -0.2) is 30.8 Å². The van der Waals surface area contributed by atoms with Gasteiger partial charge in [0.05, 0.1) is 12.1 Å². The minimum atomic E-state index is 0.487. The summed E-state index contributed by atoms with van der Waals surface area (Å²) in [5, 5.41) is 4.94. The maximum Gasteiger partial charge on any atom is 0.0704 e. The molecule has 1 aliphatic heterocycles. The van der Waals surface area contributed by atoms with E-state index in [-0.39, 0.29) is 0 Å². The van der Waals surface area contributed by atoms with E-state index >= 15 is 0 Å². The first-order chi connectivity index (χ1) is 10.4. The Hall–Kier alpha value is -1.45. The second-order valence-electron chi connectivity index (χ2n) is 5.83. The Kier molecular flexibility index (Phi) is 4.84. The lowest BCUT2D eigenvalue weighted by Crippen LogP contribution is -2.41. The van der Waals surface area contributed by atoms with E-state index in [1.54, 1.807) is 0 Å². The highest BCUT2D eigenvalue weighted by Crippen LogP contribution is 2.23. The minimum Gasteiger partial charge on any atom is -0.381 e. The van der Waals surface area contributed by atoms with Crippen LogP contribution in [0.3, 0.4) is 0 Å². The van der Waals surface area contributed by atoms with Gasteiger partial charge in [-0.05, 0) is 49.4 Å². The molecule has 0 amide bonds. The molecule has 1 fully saturated rings. The van der Waals surface area contributed by atoms with Gasteiger partial charge in [0.25, 0.3) is 0 Å². The first-order valence-corrected chi connectivity index (χ1v) is 8.02. The molecule has 0 saturated carbocycles. The number of benzene rings is 1. The Morgan fingerprint density at radius 1 is 1.33 bits per heavy atom. The van der Waals surface area contributed by atoms with Crippen molar-refractivity contribution in [1.82, 2.24) is 10.3 Å². The molecule has 2 aromatic rings. The van der Waals surface area contributed by atoms with Gasteiger partial charge in [-0.25, -0.2) is 0 Å². The Morgan fingerprint density at radius 3 is 3.05 bits per heavy atom. The monoisotopic (exact) mass is 284 g/mol. The molecule has 1 aromatic carbocycles. The van der Waals surface area contributed by atoms with Gasteiger partial charge in [0, 0.05) is 24.2 Å². The average molecular weight is 284 g/mol. The topological polar surface area (TPSA) is 34.2 Å². The van der Waals surface area contributed by atoms with Crippen molar-refractivity contribution in [2.45, 2.75) is 32.2 Å². The summed E-state index contributed by atoms with van der Waals surface area (Å²) in [6.45, 7) is 5.00. The van der Waals surface area contributed by atoms with Gasteiger partial charge < -0.3 is 10.1 Å². The van der Waals surface area contributed by atoms with Crippen molar-refractivity contribution in [1.29, 1.82) is 0 Å². The molecule has 0 aliphatic carbocycles. The van der Waals surface area contributed by atoms with Gasteiger partial charge in [-0.3, -0.25) is 4.98 Å². The van der Waals surface area contributed by atoms with E-state index < -0.39 is 0 Å². The van der Waals surface area contributed by atoms with Crippen molar-refractivity contribution in [3.05, 3.63) is 42.1 Å². The van der Waals surface area contributed by atoms with Crippen LogP contribution >= 0.6 is 0 Å². The highest BCUT2D eigenvalue weighted by Gasteiger charge is 2.24. The molecule has 3 rings (SSSR count). The third kappa shape index (κ3) is 3.42. The molecule has 0 radical (unpaired) electrons. The number of pyridine rings is 1. The molecule has 21 heavy (non-hydrogen) atoms. The largest absolute Gasteiger partial charge is 0.381 e. The lowest BCUT2D eigenvalue weighted by molar-refractivity contribution is 0.0396. The average Bonchev–Trinajstić information content (AvgIpc) is 2.55. The van der Waals surface area contributed by atoms with E-state index in [1.807, 2.05) is 6.20 Å².